The predicted octanol–water partition coefficient (Wildman–Crippen LogP) is 0.00979. The topological polar surface area (TPSA) is 92.5 Å². The van der Waals surface area contributed by atoms with Crippen molar-refractivity contribution in [3.63, 3.8) is 0 Å². The minimum atomic E-state index is -0.212. The number of aromatic nitrogens is 4. The summed E-state index contributed by atoms with van der Waals surface area (Å²) in [6, 6.07) is 3.09. The molecule has 0 saturated carbocycles. The van der Waals surface area contributed by atoms with Crippen molar-refractivity contribution in [1.82, 2.24) is 19.9 Å². The molecule has 0 spiro atoms. The highest BCUT2D eigenvalue weighted by atomic mass is 32.1. The van der Waals surface area contributed by atoms with Gasteiger partial charge in [0.2, 0.25) is 10.3 Å². The Kier molecular flexibility index (Phi) is 1.93. The van der Waals surface area contributed by atoms with E-state index in [1.807, 2.05) is 0 Å². The van der Waals surface area contributed by atoms with E-state index in [2.05, 4.69) is 15.2 Å². The molecular formula is C7H7N5OS. The fourth-order valence-electron chi connectivity index (χ4n) is 1.09. The standard InChI is InChI=1S/C7H7N5OS/c8-12-6(10-11-7(12)14)4-1-2-9-5(13)3-4/h1-3H,8H2,(H,9,13)(H,11,14). The van der Waals surface area contributed by atoms with Gasteiger partial charge in [0.15, 0.2) is 5.82 Å². The predicted molar refractivity (Wildman–Crippen MR) is 53.6 cm³/mol. The summed E-state index contributed by atoms with van der Waals surface area (Å²) in [6.45, 7) is 0. The molecule has 0 atom stereocenters. The second-order valence-corrected chi connectivity index (χ2v) is 3.05. The van der Waals surface area contributed by atoms with Gasteiger partial charge in [-0.1, -0.05) is 0 Å². The lowest BCUT2D eigenvalue weighted by molar-refractivity contribution is 0.983. The smallest absolute Gasteiger partial charge is 0.248 e. The van der Waals surface area contributed by atoms with E-state index in [1.54, 1.807) is 6.07 Å². The molecule has 0 amide bonds. The zero-order valence-electron chi connectivity index (χ0n) is 7.02. The Bertz CT molecular complexity index is 566. The minimum absolute atomic E-state index is 0.212. The molecule has 72 valence electrons. The number of nitrogens with one attached hydrogen (secondary N) is 2. The number of nitrogens with two attached hydrogens (primary N) is 1. The second kappa shape index (κ2) is 3.11. The van der Waals surface area contributed by atoms with E-state index in [4.69, 9.17) is 18.1 Å². The zero-order chi connectivity index (χ0) is 10.1. The molecule has 14 heavy (non-hydrogen) atoms. The third-order valence-corrected chi connectivity index (χ3v) is 2.03. The van der Waals surface area contributed by atoms with Gasteiger partial charge in [-0.25, -0.2) is 9.77 Å². The summed E-state index contributed by atoms with van der Waals surface area (Å²) in [5.41, 5.74) is 0.403. The van der Waals surface area contributed by atoms with Crippen LogP contribution in [0.1, 0.15) is 0 Å². The highest BCUT2D eigenvalue weighted by Crippen LogP contribution is 2.11. The van der Waals surface area contributed by atoms with E-state index in [9.17, 15) is 4.79 Å². The SMILES string of the molecule is Nn1c(-c2cc[nH]c(=O)c2)n[nH]c1=S. The Balaban J connectivity index is 2.66. The molecule has 0 radical (unpaired) electrons. The van der Waals surface area contributed by atoms with Crippen LogP contribution in [0.3, 0.4) is 0 Å². The molecular weight excluding hydrogens is 202 g/mol. The van der Waals surface area contributed by atoms with Crippen molar-refractivity contribution < 1.29 is 0 Å². The van der Waals surface area contributed by atoms with Crippen molar-refractivity contribution in [3.05, 3.63) is 33.5 Å². The van der Waals surface area contributed by atoms with Crippen LogP contribution < -0.4 is 11.4 Å². The summed E-state index contributed by atoms with van der Waals surface area (Å²) in [4.78, 5) is 13.5. The molecule has 0 fully saturated rings. The van der Waals surface area contributed by atoms with Crippen LogP contribution in [0, 0.1) is 4.77 Å². The first-order valence-electron chi connectivity index (χ1n) is 3.80. The van der Waals surface area contributed by atoms with Crippen LogP contribution in [0.5, 0.6) is 0 Å². The second-order valence-electron chi connectivity index (χ2n) is 2.66. The first-order chi connectivity index (χ1) is 6.68. The van der Waals surface area contributed by atoms with Gasteiger partial charge < -0.3 is 10.8 Å². The number of pyridine rings is 1. The number of H-pyrrole nitrogens is 2. The van der Waals surface area contributed by atoms with Crippen LogP contribution in [-0.4, -0.2) is 19.9 Å². The highest BCUT2D eigenvalue weighted by Gasteiger charge is 2.05. The third kappa shape index (κ3) is 1.33. The summed E-state index contributed by atoms with van der Waals surface area (Å²) in [7, 11) is 0. The molecule has 4 N–H and O–H groups in total. The quantitative estimate of drug-likeness (QED) is 0.455. The van der Waals surface area contributed by atoms with Gasteiger partial charge in [-0.2, -0.15) is 5.10 Å². The Labute approximate surface area is 83.4 Å². The van der Waals surface area contributed by atoms with Crippen molar-refractivity contribution >= 4 is 12.2 Å². The lowest BCUT2D eigenvalue weighted by atomic mass is 10.2. The maximum absolute atomic E-state index is 11.0. The monoisotopic (exact) mass is 209 g/mol. The van der Waals surface area contributed by atoms with Gasteiger partial charge in [0, 0.05) is 17.8 Å². The van der Waals surface area contributed by atoms with Crippen LogP contribution in [0.2, 0.25) is 0 Å². The summed E-state index contributed by atoms with van der Waals surface area (Å²) in [5, 5.41) is 6.43. The van der Waals surface area contributed by atoms with E-state index in [-0.39, 0.29) is 5.56 Å². The van der Waals surface area contributed by atoms with Crippen molar-refractivity contribution in [2.24, 2.45) is 0 Å². The molecule has 0 aliphatic carbocycles. The van der Waals surface area contributed by atoms with Gasteiger partial charge in [-0.05, 0) is 18.3 Å². The summed E-state index contributed by atoms with van der Waals surface area (Å²) in [6.07, 6.45) is 1.52. The van der Waals surface area contributed by atoms with Crippen molar-refractivity contribution in [2.75, 3.05) is 5.84 Å². The average Bonchev–Trinajstić information content (AvgIpc) is 2.48. The zero-order valence-corrected chi connectivity index (χ0v) is 7.84. The summed E-state index contributed by atoms with van der Waals surface area (Å²) >= 11 is 4.84. The van der Waals surface area contributed by atoms with E-state index in [0.717, 1.165) is 0 Å². The third-order valence-electron chi connectivity index (χ3n) is 1.74. The van der Waals surface area contributed by atoms with E-state index < -0.39 is 0 Å². The van der Waals surface area contributed by atoms with Gasteiger partial charge in [-0.15, -0.1) is 0 Å². The Morgan fingerprint density at radius 1 is 1.57 bits per heavy atom. The molecule has 0 unspecified atom stereocenters. The fourth-order valence-corrected chi connectivity index (χ4v) is 1.22. The summed E-state index contributed by atoms with van der Waals surface area (Å²) in [5.74, 6) is 6.02. The van der Waals surface area contributed by atoms with Crippen LogP contribution in [0.25, 0.3) is 11.4 Å². The van der Waals surface area contributed by atoms with Crippen molar-refractivity contribution in [2.45, 2.75) is 0 Å². The van der Waals surface area contributed by atoms with Gasteiger partial charge >= 0.3 is 0 Å². The van der Waals surface area contributed by atoms with Crippen LogP contribution in [-0.2, 0) is 0 Å². The molecule has 2 aromatic heterocycles. The van der Waals surface area contributed by atoms with E-state index in [1.165, 1.54) is 16.9 Å². The fraction of sp³-hybridized carbons (Fsp3) is 0. The maximum Gasteiger partial charge on any atom is 0.248 e. The lowest BCUT2D eigenvalue weighted by Gasteiger charge is -1.97. The molecule has 0 aliphatic heterocycles. The van der Waals surface area contributed by atoms with Crippen molar-refractivity contribution in [3.8, 4) is 11.4 Å². The van der Waals surface area contributed by atoms with Gasteiger partial charge in [-0.3, -0.25) is 4.79 Å². The van der Waals surface area contributed by atoms with Gasteiger partial charge in [0.25, 0.3) is 0 Å². The largest absolute Gasteiger partial charge is 0.335 e. The number of hydrogen-bond donors (Lipinski definition) is 3. The lowest BCUT2D eigenvalue weighted by Crippen LogP contribution is -2.11. The molecule has 0 saturated heterocycles. The molecule has 2 rings (SSSR count). The summed E-state index contributed by atoms with van der Waals surface area (Å²) < 4.78 is 1.52. The number of nitrogens with zero attached hydrogens (tertiary/aromatic N) is 2. The van der Waals surface area contributed by atoms with Crippen LogP contribution >= 0.6 is 12.2 Å². The molecule has 2 heterocycles. The van der Waals surface area contributed by atoms with Crippen LogP contribution in [0.15, 0.2) is 23.1 Å². The average molecular weight is 209 g/mol. The minimum Gasteiger partial charge on any atom is -0.335 e. The molecule has 0 bridgehead atoms. The molecule has 0 aliphatic rings. The molecule has 0 aromatic carbocycles. The Hall–Kier alpha value is -1.89. The first kappa shape index (κ1) is 8.70. The number of rotatable bonds is 1. The Morgan fingerprint density at radius 2 is 2.36 bits per heavy atom. The van der Waals surface area contributed by atoms with Gasteiger partial charge in [0.05, 0.1) is 0 Å². The molecule has 7 heteroatoms. The van der Waals surface area contributed by atoms with Gasteiger partial charge in [0.1, 0.15) is 0 Å². The molecule has 2 aromatic rings. The molecule has 6 nitrogen and oxygen atoms in total. The normalized spacial score (nSPS) is 10.3. The Morgan fingerprint density at radius 3 is 2.93 bits per heavy atom. The van der Waals surface area contributed by atoms with E-state index in [0.29, 0.717) is 16.2 Å². The first-order valence-corrected chi connectivity index (χ1v) is 4.21. The maximum atomic E-state index is 11.0. The van der Waals surface area contributed by atoms with E-state index >= 15 is 0 Å². The number of nitrogen functional groups attached to an aromatic ring is 1. The van der Waals surface area contributed by atoms with Crippen LogP contribution in [0.4, 0.5) is 0 Å². The van der Waals surface area contributed by atoms with Crippen molar-refractivity contribution in [1.29, 1.82) is 0 Å². The number of hydrogen-bond acceptors (Lipinski definition) is 4. The highest BCUT2D eigenvalue weighted by molar-refractivity contribution is 7.71. The number of aromatic amines is 2.